The molecule has 5 rings (SSSR count). The number of rotatable bonds is 6. The molecule has 2 atom stereocenters. The number of hydrogen-bond donors (Lipinski definition) is 1. The van der Waals surface area contributed by atoms with E-state index in [1.54, 1.807) is 12.5 Å². The smallest absolute Gasteiger partial charge is 0.229 e. The van der Waals surface area contributed by atoms with Gasteiger partial charge in [0.1, 0.15) is 29.5 Å². The lowest BCUT2D eigenvalue weighted by molar-refractivity contribution is -0.117. The van der Waals surface area contributed by atoms with Gasteiger partial charge in [0.25, 0.3) is 0 Å². The summed E-state index contributed by atoms with van der Waals surface area (Å²) < 4.78 is 16.8. The number of carbonyl (C=O) groups is 1. The predicted octanol–water partition coefficient (Wildman–Crippen LogP) is 4.51. The Morgan fingerprint density at radius 3 is 2.78 bits per heavy atom. The van der Waals surface area contributed by atoms with Crippen molar-refractivity contribution in [3.63, 3.8) is 0 Å². The van der Waals surface area contributed by atoms with Crippen LogP contribution in [0.25, 0.3) is 11.1 Å². The van der Waals surface area contributed by atoms with Gasteiger partial charge in [-0.1, -0.05) is 6.07 Å². The van der Waals surface area contributed by atoms with E-state index in [-0.39, 0.29) is 23.8 Å². The summed E-state index contributed by atoms with van der Waals surface area (Å²) in [5.41, 5.74) is 2.21. The fourth-order valence-electron chi connectivity index (χ4n) is 4.07. The molecule has 1 saturated carbocycles. The van der Waals surface area contributed by atoms with Crippen molar-refractivity contribution in [3.8, 4) is 22.9 Å². The van der Waals surface area contributed by atoms with Gasteiger partial charge in [0.2, 0.25) is 5.91 Å². The minimum absolute atomic E-state index is 0.0611. The van der Waals surface area contributed by atoms with E-state index in [0.29, 0.717) is 30.3 Å². The monoisotopic (exact) mass is 429 g/mol. The van der Waals surface area contributed by atoms with Gasteiger partial charge in [-0.3, -0.25) is 4.79 Å². The van der Waals surface area contributed by atoms with Crippen LogP contribution < -0.4 is 10.1 Å². The summed E-state index contributed by atoms with van der Waals surface area (Å²) in [7, 11) is 0. The third kappa shape index (κ3) is 4.36. The molecule has 162 valence electrons. The summed E-state index contributed by atoms with van der Waals surface area (Å²) in [4.78, 5) is 16.9. The molecule has 2 unspecified atom stereocenters. The fourth-order valence-corrected chi connectivity index (χ4v) is 4.07. The van der Waals surface area contributed by atoms with Crippen LogP contribution in [0.5, 0.6) is 5.75 Å². The summed E-state index contributed by atoms with van der Waals surface area (Å²) >= 11 is 0. The van der Waals surface area contributed by atoms with E-state index in [2.05, 4.69) is 16.4 Å². The van der Waals surface area contributed by atoms with E-state index in [4.69, 9.17) is 13.9 Å². The van der Waals surface area contributed by atoms with Gasteiger partial charge < -0.3 is 19.2 Å². The zero-order chi connectivity index (χ0) is 21.9. The summed E-state index contributed by atoms with van der Waals surface area (Å²) in [5.74, 6) is 1.89. The maximum atomic E-state index is 12.6. The number of nitrogens with zero attached hydrogens (tertiary/aromatic N) is 2. The highest BCUT2D eigenvalue weighted by molar-refractivity contribution is 5.94. The van der Waals surface area contributed by atoms with E-state index in [9.17, 15) is 10.1 Å². The number of benzene rings is 1. The highest BCUT2D eigenvalue weighted by Gasteiger charge is 2.45. The first-order valence-electron chi connectivity index (χ1n) is 10.8. The number of anilines is 1. The highest BCUT2D eigenvalue weighted by Crippen LogP contribution is 2.48. The molecular formula is C25H23N3O4. The Labute approximate surface area is 186 Å². The Balaban J connectivity index is 1.28. The number of carbonyl (C=O) groups excluding carboxylic acids is 1. The number of amides is 1. The molecular weight excluding hydrogens is 406 g/mol. The van der Waals surface area contributed by atoms with Crippen LogP contribution in [-0.4, -0.2) is 30.2 Å². The Morgan fingerprint density at radius 1 is 1.16 bits per heavy atom. The molecule has 1 amide bonds. The molecule has 7 heteroatoms. The maximum absolute atomic E-state index is 12.6. The second-order valence-corrected chi connectivity index (χ2v) is 8.14. The molecule has 1 saturated heterocycles. The summed E-state index contributed by atoms with van der Waals surface area (Å²) in [6.45, 7) is 1.36. The van der Waals surface area contributed by atoms with Crippen LogP contribution in [0, 0.1) is 17.2 Å². The minimum atomic E-state index is -0.0987. The van der Waals surface area contributed by atoms with Crippen molar-refractivity contribution in [2.45, 2.75) is 31.3 Å². The summed E-state index contributed by atoms with van der Waals surface area (Å²) in [6, 6.07) is 15.2. The third-order valence-electron chi connectivity index (χ3n) is 5.94. The summed E-state index contributed by atoms with van der Waals surface area (Å²) in [5, 5.41) is 12.5. The lowest BCUT2D eigenvalue weighted by Crippen LogP contribution is -2.26. The molecule has 7 nitrogen and oxygen atoms in total. The second-order valence-electron chi connectivity index (χ2n) is 8.14. The molecule has 1 aliphatic heterocycles. The van der Waals surface area contributed by atoms with Crippen molar-refractivity contribution < 1.29 is 18.7 Å². The zero-order valence-corrected chi connectivity index (χ0v) is 17.5. The van der Waals surface area contributed by atoms with Gasteiger partial charge in [0, 0.05) is 30.9 Å². The van der Waals surface area contributed by atoms with Crippen molar-refractivity contribution in [1.82, 2.24) is 4.98 Å². The summed E-state index contributed by atoms with van der Waals surface area (Å²) in [6.07, 6.45) is 5.77. The third-order valence-corrected chi connectivity index (χ3v) is 5.94. The van der Waals surface area contributed by atoms with Crippen LogP contribution in [0.2, 0.25) is 0 Å². The Hall–Kier alpha value is -3.63. The molecule has 2 aromatic heterocycles. The lowest BCUT2D eigenvalue weighted by Gasteiger charge is -2.23. The molecule has 3 heterocycles. The molecule has 1 aliphatic carbocycles. The van der Waals surface area contributed by atoms with Gasteiger partial charge >= 0.3 is 0 Å². The maximum Gasteiger partial charge on any atom is 0.229 e. The molecule has 0 spiro atoms. The van der Waals surface area contributed by atoms with Crippen LogP contribution in [-0.2, 0) is 9.53 Å². The first kappa shape index (κ1) is 20.3. The molecule has 1 aromatic carbocycles. The van der Waals surface area contributed by atoms with E-state index in [0.717, 1.165) is 36.1 Å². The first-order valence-corrected chi connectivity index (χ1v) is 10.8. The van der Waals surface area contributed by atoms with E-state index >= 15 is 0 Å². The first-order chi connectivity index (χ1) is 15.7. The standard InChI is InChI=1S/C25H23N3O4/c26-15-18-12-16(3-4-22(18)32-19-6-10-30-11-7-19)17-5-8-27-24(13-17)28-25(29)21-14-20(21)23-2-1-9-31-23/h1-5,8-9,12-13,19-21H,6-7,10-11,14H2,(H,27,28,29). The zero-order valence-electron chi connectivity index (χ0n) is 17.5. The molecule has 32 heavy (non-hydrogen) atoms. The van der Waals surface area contributed by atoms with Crippen molar-refractivity contribution in [2.24, 2.45) is 5.92 Å². The molecule has 1 N–H and O–H groups in total. The predicted molar refractivity (Wildman–Crippen MR) is 117 cm³/mol. The number of aromatic nitrogens is 1. The van der Waals surface area contributed by atoms with Crippen LogP contribution in [0.3, 0.4) is 0 Å². The molecule has 0 bridgehead atoms. The Morgan fingerprint density at radius 2 is 2.00 bits per heavy atom. The largest absolute Gasteiger partial charge is 0.489 e. The second kappa shape index (κ2) is 8.85. The van der Waals surface area contributed by atoms with Crippen molar-refractivity contribution in [3.05, 3.63) is 66.2 Å². The van der Waals surface area contributed by atoms with Crippen LogP contribution in [0.15, 0.2) is 59.3 Å². The minimum Gasteiger partial charge on any atom is -0.489 e. The normalized spacial score (nSPS) is 20.3. The Kier molecular flexibility index (Phi) is 5.61. The van der Waals surface area contributed by atoms with E-state index < -0.39 is 0 Å². The van der Waals surface area contributed by atoms with Crippen LogP contribution in [0.1, 0.15) is 36.5 Å². The van der Waals surface area contributed by atoms with Crippen molar-refractivity contribution in [1.29, 1.82) is 5.26 Å². The average molecular weight is 429 g/mol. The van der Waals surface area contributed by atoms with Gasteiger partial charge in [0.15, 0.2) is 0 Å². The molecule has 0 radical (unpaired) electrons. The molecule has 3 aromatic rings. The molecule has 2 fully saturated rings. The SMILES string of the molecule is N#Cc1cc(-c2ccnc(NC(=O)C3CC3c3ccco3)c2)ccc1OC1CCOCC1. The Bertz CT molecular complexity index is 1150. The van der Waals surface area contributed by atoms with Crippen LogP contribution in [0.4, 0.5) is 5.82 Å². The molecule has 2 aliphatic rings. The van der Waals surface area contributed by atoms with Crippen molar-refractivity contribution in [2.75, 3.05) is 18.5 Å². The topological polar surface area (TPSA) is 97.4 Å². The fraction of sp³-hybridized carbons (Fsp3) is 0.320. The highest BCUT2D eigenvalue weighted by atomic mass is 16.5. The number of ether oxygens (including phenoxy) is 2. The number of nitrogens with one attached hydrogen (secondary N) is 1. The number of hydrogen-bond acceptors (Lipinski definition) is 6. The number of nitriles is 1. The van der Waals surface area contributed by atoms with Gasteiger partial charge in [-0.15, -0.1) is 0 Å². The van der Waals surface area contributed by atoms with E-state index in [1.165, 1.54) is 0 Å². The van der Waals surface area contributed by atoms with Gasteiger partial charge in [0.05, 0.1) is 25.0 Å². The van der Waals surface area contributed by atoms with E-state index in [1.807, 2.05) is 42.5 Å². The van der Waals surface area contributed by atoms with Gasteiger partial charge in [-0.25, -0.2) is 4.98 Å². The number of furan rings is 1. The van der Waals surface area contributed by atoms with Crippen LogP contribution >= 0.6 is 0 Å². The lowest BCUT2D eigenvalue weighted by atomic mass is 10.0. The average Bonchev–Trinajstić information content (AvgIpc) is 3.45. The quantitative estimate of drug-likeness (QED) is 0.619. The van der Waals surface area contributed by atoms with Gasteiger partial charge in [-0.2, -0.15) is 5.26 Å². The van der Waals surface area contributed by atoms with Crippen molar-refractivity contribution >= 4 is 11.7 Å². The van der Waals surface area contributed by atoms with Gasteiger partial charge in [-0.05, 0) is 53.9 Å². The number of pyridine rings is 1.